The monoisotopic (exact) mass is 375 g/mol. The van der Waals surface area contributed by atoms with Crippen LogP contribution in [0.5, 0.6) is 0 Å². The van der Waals surface area contributed by atoms with Gasteiger partial charge in [-0.3, -0.25) is 5.01 Å². The second kappa shape index (κ2) is 8.24. The third-order valence-corrected chi connectivity index (χ3v) is 4.90. The van der Waals surface area contributed by atoms with Crippen molar-refractivity contribution in [2.45, 2.75) is 18.9 Å². The Labute approximate surface area is 159 Å². The van der Waals surface area contributed by atoms with Crippen molar-refractivity contribution in [2.24, 2.45) is 0 Å². The minimum atomic E-state index is 0.248. The van der Waals surface area contributed by atoms with Gasteiger partial charge in [0.05, 0.1) is 16.8 Å². The first-order valence-corrected chi connectivity index (χ1v) is 9.22. The fourth-order valence-electron chi connectivity index (χ4n) is 3.04. The molecule has 2 aromatic rings. The Morgan fingerprint density at radius 2 is 1.76 bits per heavy atom. The molecule has 1 aliphatic heterocycles. The van der Waals surface area contributed by atoms with Gasteiger partial charge in [0.1, 0.15) is 0 Å². The summed E-state index contributed by atoms with van der Waals surface area (Å²) in [6, 6.07) is 16.1. The van der Waals surface area contributed by atoms with Crippen LogP contribution in [-0.2, 0) is 0 Å². The van der Waals surface area contributed by atoms with Crippen molar-refractivity contribution in [1.82, 2.24) is 10.3 Å². The second-order valence-electron chi connectivity index (χ2n) is 6.54. The number of hydrazine groups is 1. The molecule has 132 valence electrons. The van der Waals surface area contributed by atoms with Crippen molar-refractivity contribution >= 4 is 34.5 Å². The van der Waals surface area contributed by atoms with Crippen LogP contribution in [0.3, 0.4) is 0 Å². The van der Waals surface area contributed by atoms with E-state index in [0.29, 0.717) is 0 Å². The van der Waals surface area contributed by atoms with E-state index in [4.69, 9.17) is 23.2 Å². The van der Waals surface area contributed by atoms with Crippen molar-refractivity contribution in [3.8, 4) is 0 Å². The molecule has 1 N–H and O–H groups in total. The molecule has 5 heteroatoms. The summed E-state index contributed by atoms with van der Waals surface area (Å²) in [6.45, 7) is 1.07. The SMILES string of the molecule is CN(C)CCCC1NN(c2ccccc2Cl)C=C1c1ccc(Cl)cc1. The second-order valence-corrected chi connectivity index (χ2v) is 7.38. The lowest BCUT2D eigenvalue weighted by Crippen LogP contribution is -2.36. The highest BCUT2D eigenvalue weighted by atomic mass is 35.5. The molecule has 3 nitrogen and oxygen atoms in total. The maximum Gasteiger partial charge on any atom is 0.0757 e. The van der Waals surface area contributed by atoms with Gasteiger partial charge in [0.15, 0.2) is 0 Å². The quantitative estimate of drug-likeness (QED) is 0.760. The van der Waals surface area contributed by atoms with E-state index in [1.54, 1.807) is 0 Å². The largest absolute Gasteiger partial charge is 0.309 e. The van der Waals surface area contributed by atoms with Crippen LogP contribution in [-0.4, -0.2) is 31.6 Å². The van der Waals surface area contributed by atoms with Crippen molar-refractivity contribution in [2.75, 3.05) is 25.6 Å². The third kappa shape index (κ3) is 4.56. The van der Waals surface area contributed by atoms with Gasteiger partial charge in [-0.2, -0.15) is 0 Å². The number of rotatable bonds is 6. The van der Waals surface area contributed by atoms with Crippen LogP contribution < -0.4 is 10.4 Å². The predicted molar refractivity (Wildman–Crippen MR) is 108 cm³/mol. The Balaban J connectivity index is 1.85. The Morgan fingerprint density at radius 3 is 2.44 bits per heavy atom. The van der Waals surface area contributed by atoms with Gasteiger partial charge in [0.2, 0.25) is 0 Å². The Morgan fingerprint density at radius 1 is 1.04 bits per heavy atom. The van der Waals surface area contributed by atoms with Crippen molar-refractivity contribution in [3.05, 3.63) is 70.3 Å². The molecule has 0 aliphatic carbocycles. The summed E-state index contributed by atoms with van der Waals surface area (Å²) < 4.78 is 0. The molecule has 1 heterocycles. The molecule has 0 aromatic heterocycles. The summed E-state index contributed by atoms with van der Waals surface area (Å²) >= 11 is 12.4. The number of anilines is 1. The predicted octanol–water partition coefficient (Wildman–Crippen LogP) is 5.07. The minimum Gasteiger partial charge on any atom is -0.309 e. The number of para-hydroxylation sites is 1. The smallest absolute Gasteiger partial charge is 0.0757 e. The number of nitrogens with zero attached hydrogens (tertiary/aromatic N) is 2. The van der Waals surface area contributed by atoms with Crippen LogP contribution in [0.4, 0.5) is 5.69 Å². The molecular weight excluding hydrogens is 353 g/mol. The highest BCUT2D eigenvalue weighted by Crippen LogP contribution is 2.33. The summed E-state index contributed by atoms with van der Waals surface area (Å²) in [5.41, 5.74) is 6.99. The van der Waals surface area contributed by atoms with Crippen molar-refractivity contribution in [1.29, 1.82) is 0 Å². The number of halogens is 2. The Hall–Kier alpha value is -1.52. The summed E-state index contributed by atoms with van der Waals surface area (Å²) in [6.07, 6.45) is 4.31. The van der Waals surface area contributed by atoms with Gasteiger partial charge >= 0.3 is 0 Å². The topological polar surface area (TPSA) is 18.5 Å². The molecule has 1 aliphatic rings. The molecule has 2 aromatic carbocycles. The molecule has 1 unspecified atom stereocenters. The van der Waals surface area contributed by atoms with Crippen molar-refractivity contribution < 1.29 is 0 Å². The summed E-state index contributed by atoms with van der Waals surface area (Å²) in [5.74, 6) is 0. The molecule has 0 radical (unpaired) electrons. The fourth-order valence-corrected chi connectivity index (χ4v) is 3.39. The van der Waals surface area contributed by atoms with Gasteiger partial charge in [-0.15, -0.1) is 0 Å². The number of nitrogens with one attached hydrogen (secondary N) is 1. The fraction of sp³-hybridized carbons (Fsp3) is 0.300. The van der Waals surface area contributed by atoms with Gasteiger partial charge in [-0.1, -0.05) is 47.5 Å². The van der Waals surface area contributed by atoms with E-state index in [2.05, 4.69) is 42.8 Å². The summed E-state index contributed by atoms with van der Waals surface area (Å²) in [5, 5.41) is 3.52. The lowest BCUT2D eigenvalue weighted by Gasteiger charge is -2.22. The lowest BCUT2D eigenvalue weighted by molar-refractivity contribution is 0.386. The van der Waals surface area contributed by atoms with Crippen LogP contribution in [0.15, 0.2) is 54.7 Å². The van der Waals surface area contributed by atoms with E-state index in [1.165, 1.54) is 11.1 Å². The summed E-state index contributed by atoms with van der Waals surface area (Å²) in [7, 11) is 4.21. The van der Waals surface area contributed by atoms with Gasteiger partial charge in [-0.05, 0) is 68.9 Å². The highest BCUT2D eigenvalue weighted by Gasteiger charge is 2.26. The van der Waals surface area contributed by atoms with Crippen molar-refractivity contribution in [3.63, 3.8) is 0 Å². The van der Waals surface area contributed by atoms with Gasteiger partial charge in [0.25, 0.3) is 0 Å². The third-order valence-electron chi connectivity index (χ3n) is 4.33. The normalized spacial score (nSPS) is 17.2. The zero-order valence-electron chi connectivity index (χ0n) is 14.5. The first kappa shape index (κ1) is 18.3. The lowest BCUT2D eigenvalue weighted by atomic mass is 9.97. The number of hydrogen-bond donors (Lipinski definition) is 1. The molecule has 25 heavy (non-hydrogen) atoms. The molecule has 0 spiro atoms. The first-order valence-electron chi connectivity index (χ1n) is 8.47. The molecule has 3 rings (SSSR count). The zero-order chi connectivity index (χ0) is 17.8. The van der Waals surface area contributed by atoms with Gasteiger partial charge in [0, 0.05) is 11.2 Å². The first-order chi connectivity index (χ1) is 12.0. The molecule has 0 saturated carbocycles. The van der Waals surface area contributed by atoms with Gasteiger partial charge in [-0.25, -0.2) is 5.43 Å². The minimum absolute atomic E-state index is 0.248. The van der Waals surface area contributed by atoms with E-state index >= 15 is 0 Å². The molecule has 0 saturated heterocycles. The molecule has 0 fully saturated rings. The highest BCUT2D eigenvalue weighted by molar-refractivity contribution is 6.33. The Kier molecular flexibility index (Phi) is 6.02. The standard InChI is InChI=1S/C20H23Cl2N3/c1-24(2)13-5-7-19-17(15-9-11-16(21)12-10-15)14-25(23-19)20-8-4-3-6-18(20)22/h3-4,6,8-12,14,19,23H,5,7,13H2,1-2H3. The average Bonchev–Trinajstić information content (AvgIpc) is 2.99. The van der Waals surface area contributed by atoms with Crippen LogP contribution in [0.1, 0.15) is 18.4 Å². The van der Waals surface area contributed by atoms with E-state index in [9.17, 15) is 0 Å². The van der Waals surface area contributed by atoms with E-state index in [0.717, 1.165) is 35.1 Å². The van der Waals surface area contributed by atoms with E-state index < -0.39 is 0 Å². The molecular formula is C20H23Cl2N3. The van der Waals surface area contributed by atoms with E-state index in [-0.39, 0.29) is 6.04 Å². The zero-order valence-corrected chi connectivity index (χ0v) is 16.1. The van der Waals surface area contributed by atoms with E-state index in [1.807, 2.05) is 41.4 Å². The number of hydrogen-bond acceptors (Lipinski definition) is 3. The number of benzene rings is 2. The molecule has 0 bridgehead atoms. The summed E-state index contributed by atoms with van der Waals surface area (Å²) in [4.78, 5) is 2.21. The maximum absolute atomic E-state index is 6.38. The van der Waals surface area contributed by atoms with Crippen LogP contribution in [0.25, 0.3) is 5.57 Å². The van der Waals surface area contributed by atoms with Crippen LogP contribution in [0, 0.1) is 0 Å². The Bertz CT molecular complexity index is 741. The van der Waals surface area contributed by atoms with Gasteiger partial charge < -0.3 is 4.90 Å². The molecule has 0 amide bonds. The average molecular weight is 376 g/mol. The van der Waals surface area contributed by atoms with Crippen LogP contribution >= 0.6 is 23.2 Å². The maximum atomic E-state index is 6.38. The molecule has 1 atom stereocenters. The van der Waals surface area contributed by atoms with Crippen LogP contribution in [0.2, 0.25) is 10.0 Å².